The lowest BCUT2D eigenvalue weighted by Gasteiger charge is -2.23. The van der Waals surface area contributed by atoms with E-state index < -0.39 is 15.9 Å². The van der Waals surface area contributed by atoms with Gasteiger partial charge in [0, 0.05) is 11.8 Å². The van der Waals surface area contributed by atoms with Crippen LogP contribution in [0, 0.1) is 13.8 Å². The van der Waals surface area contributed by atoms with E-state index in [0.717, 1.165) is 21.7 Å². The van der Waals surface area contributed by atoms with Gasteiger partial charge in [0.05, 0.1) is 26.2 Å². The van der Waals surface area contributed by atoms with Gasteiger partial charge >= 0.3 is 0 Å². The van der Waals surface area contributed by atoms with Gasteiger partial charge in [-0.1, -0.05) is 18.2 Å². The number of rotatable bonds is 7. The van der Waals surface area contributed by atoms with Crippen molar-refractivity contribution in [2.75, 3.05) is 36.6 Å². The number of benzene rings is 2. The van der Waals surface area contributed by atoms with E-state index in [1.54, 1.807) is 12.1 Å². The Balaban J connectivity index is 2.32. The summed E-state index contributed by atoms with van der Waals surface area (Å²) in [5, 5.41) is 2.80. The highest BCUT2D eigenvalue weighted by Crippen LogP contribution is 2.32. The molecular formula is C19H24N2O5S. The molecule has 0 aliphatic heterocycles. The Morgan fingerprint density at radius 3 is 2.15 bits per heavy atom. The lowest BCUT2D eigenvalue weighted by molar-refractivity contribution is -0.114. The number of amides is 1. The molecule has 0 spiro atoms. The fraction of sp³-hybridized carbons (Fsp3) is 0.316. The average molecular weight is 392 g/mol. The average Bonchev–Trinajstić information content (AvgIpc) is 2.61. The van der Waals surface area contributed by atoms with Crippen LogP contribution < -0.4 is 19.1 Å². The maximum Gasteiger partial charge on any atom is 0.245 e. The third kappa shape index (κ3) is 4.91. The highest BCUT2D eigenvalue weighted by molar-refractivity contribution is 7.92. The van der Waals surface area contributed by atoms with E-state index in [4.69, 9.17) is 9.47 Å². The summed E-state index contributed by atoms with van der Waals surface area (Å²) in [4.78, 5) is 12.6. The van der Waals surface area contributed by atoms with Crippen LogP contribution >= 0.6 is 0 Å². The molecule has 1 amide bonds. The first-order valence-electron chi connectivity index (χ1n) is 8.23. The molecule has 0 unspecified atom stereocenters. The maximum absolute atomic E-state index is 12.6. The van der Waals surface area contributed by atoms with Crippen LogP contribution in [0.25, 0.3) is 0 Å². The number of nitrogens with one attached hydrogen (secondary N) is 1. The van der Waals surface area contributed by atoms with Crippen molar-refractivity contribution in [1.29, 1.82) is 0 Å². The summed E-state index contributed by atoms with van der Waals surface area (Å²) in [6.45, 7) is 3.40. The highest BCUT2D eigenvalue weighted by Gasteiger charge is 2.23. The molecule has 0 heterocycles. The molecule has 0 fully saturated rings. The molecule has 2 rings (SSSR count). The molecule has 7 nitrogen and oxygen atoms in total. The van der Waals surface area contributed by atoms with E-state index in [0.29, 0.717) is 22.9 Å². The van der Waals surface area contributed by atoms with E-state index in [9.17, 15) is 13.2 Å². The predicted octanol–water partition coefficient (Wildman–Crippen LogP) is 2.73. The zero-order valence-corrected chi connectivity index (χ0v) is 16.9. The molecule has 2 aromatic carbocycles. The topological polar surface area (TPSA) is 84.9 Å². The molecule has 0 aromatic heterocycles. The molecule has 1 N–H and O–H groups in total. The number of anilines is 2. The largest absolute Gasteiger partial charge is 0.493 e. The summed E-state index contributed by atoms with van der Waals surface area (Å²) < 4.78 is 36.0. The number of hydrogen-bond acceptors (Lipinski definition) is 5. The van der Waals surface area contributed by atoms with Crippen molar-refractivity contribution in [1.82, 2.24) is 0 Å². The lowest BCUT2D eigenvalue weighted by atomic mass is 10.1. The number of aryl methyl sites for hydroxylation is 2. The maximum atomic E-state index is 12.6. The Morgan fingerprint density at radius 1 is 1.04 bits per heavy atom. The van der Waals surface area contributed by atoms with Crippen molar-refractivity contribution in [2.24, 2.45) is 0 Å². The smallest absolute Gasteiger partial charge is 0.245 e. The quantitative estimate of drug-likeness (QED) is 0.783. The van der Waals surface area contributed by atoms with E-state index in [2.05, 4.69) is 5.32 Å². The van der Waals surface area contributed by atoms with Crippen LogP contribution in [-0.4, -0.2) is 41.3 Å². The van der Waals surface area contributed by atoms with Gasteiger partial charge in [0.15, 0.2) is 11.5 Å². The van der Waals surface area contributed by atoms with Crippen LogP contribution in [0.4, 0.5) is 11.4 Å². The van der Waals surface area contributed by atoms with Crippen LogP contribution in [0.2, 0.25) is 0 Å². The minimum absolute atomic E-state index is 0.312. The van der Waals surface area contributed by atoms with Gasteiger partial charge in [-0.25, -0.2) is 8.42 Å². The molecule has 0 radical (unpaired) electrons. The summed E-state index contributed by atoms with van der Waals surface area (Å²) in [7, 11) is -0.746. The fourth-order valence-corrected chi connectivity index (χ4v) is 3.55. The first-order chi connectivity index (χ1) is 12.7. The number of para-hydroxylation sites is 1. The molecule has 0 atom stereocenters. The Labute approximate surface area is 160 Å². The lowest BCUT2D eigenvalue weighted by Crippen LogP contribution is -2.37. The molecular weight excluding hydrogens is 368 g/mol. The van der Waals surface area contributed by atoms with Crippen molar-refractivity contribution in [3.05, 3.63) is 47.5 Å². The van der Waals surface area contributed by atoms with Gasteiger partial charge in [0.25, 0.3) is 0 Å². The number of carbonyl (C=O) groups is 1. The van der Waals surface area contributed by atoms with Gasteiger partial charge < -0.3 is 14.8 Å². The molecule has 0 aliphatic carbocycles. The third-order valence-electron chi connectivity index (χ3n) is 4.09. The second kappa shape index (κ2) is 8.30. The van der Waals surface area contributed by atoms with E-state index in [1.165, 1.54) is 20.3 Å². The van der Waals surface area contributed by atoms with E-state index >= 15 is 0 Å². The molecule has 8 heteroatoms. The Hall–Kier alpha value is -2.74. The van der Waals surface area contributed by atoms with Crippen molar-refractivity contribution < 1.29 is 22.7 Å². The Morgan fingerprint density at radius 2 is 1.63 bits per heavy atom. The zero-order chi connectivity index (χ0) is 20.2. The van der Waals surface area contributed by atoms with Gasteiger partial charge in [-0.05, 0) is 37.1 Å². The van der Waals surface area contributed by atoms with Gasteiger partial charge in [0.1, 0.15) is 6.54 Å². The van der Waals surface area contributed by atoms with Crippen LogP contribution in [0.5, 0.6) is 11.5 Å². The SMILES string of the molecule is COc1ccc(N(CC(=O)Nc2c(C)cccc2C)S(C)(=O)=O)cc1OC. The second-order valence-electron chi connectivity index (χ2n) is 6.12. The number of nitrogens with zero attached hydrogens (tertiary/aromatic N) is 1. The first-order valence-corrected chi connectivity index (χ1v) is 10.1. The van der Waals surface area contributed by atoms with E-state index in [1.807, 2.05) is 32.0 Å². The van der Waals surface area contributed by atoms with Gasteiger partial charge in [-0.3, -0.25) is 9.10 Å². The van der Waals surface area contributed by atoms with Gasteiger partial charge in [-0.15, -0.1) is 0 Å². The summed E-state index contributed by atoms with van der Waals surface area (Å²) in [6, 6.07) is 10.3. The number of carbonyl (C=O) groups excluding carboxylic acids is 1. The van der Waals surface area contributed by atoms with Crippen LogP contribution in [0.15, 0.2) is 36.4 Å². The van der Waals surface area contributed by atoms with Crippen molar-refractivity contribution in [3.63, 3.8) is 0 Å². The zero-order valence-electron chi connectivity index (χ0n) is 16.1. The number of sulfonamides is 1. The molecule has 27 heavy (non-hydrogen) atoms. The first kappa shape index (κ1) is 20.6. The molecule has 0 aliphatic rings. The summed E-state index contributed by atoms with van der Waals surface area (Å²) in [5.74, 6) is 0.404. The van der Waals surface area contributed by atoms with Crippen LogP contribution in [0.3, 0.4) is 0 Å². The molecule has 146 valence electrons. The molecule has 0 saturated heterocycles. The minimum Gasteiger partial charge on any atom is -0.493 e. The monoisotopic (exact) mass is 392 g/mol. The summed E-state index contributed by atoms with van der Waals surface area (Å²) in [6.07, 6.45) is 1.05. The highest BCUT2D eigenvalue weighted by atomic mass is 32.2. The number of hydrogen-bond donors (Lipinski definition) is 1. The second-order valence-corrected chi connectivity index (χ2v) is 8.03. The summed E-state index contributed by atoms with van der Waals surface area (Å²) >= 11 is 0. The van der Waals surface area contributed by atoms with Crippen molar-refractivity contribution in [2.45, 2.75) is 13.8 Å². The molecule has 0 saturated carbocycles. The molecule has 0 bridgehead atoms. The number of ether oxygens (including phenoxy) is 2. The fourth-order valence-electron chi connectivity index (χ4n) is 2.70. The normalized spacial score (nSPS) is 11.0. The van der Waals surface area contributed by atoms with Crippen LogP contribution in [0.1, 0.15) is 11.1 Å². The van der Waals surface area contributed by atoms with Gasteiger partial charge in [-0.2, -0.15) is 0 Å². The third-order valence-corrected chi connectivity index (χ3v) is 5.23. The standard InChI is InChI=1S/C19H24N2O5S/c1-13-7-6-8-14(2)19(13)20-18(22)12-21(27(5,23)24)15-9-10-16(25-3)17(11-15)26-4/h6-11H,12H2,1-5H3,(H,20,22). The molecule has 2 aromatic rings. The van der Waals surface area contributed by atoms with Crippen LogP contribution in [-0.2, 0) is 14.8 Å². The Kier molecular flexibility index (Phi) is 6.32. The van der Waals surface area contributed by atoms with Crippen molar-refractivity contribution >= 4 is 27.3 Å². The predicted molar refractivity (Wildman–Crippen MR) is 106 cm³/mol. The minimum atomic E-state index is -3.69. The number of methoxy groups -OCH3 is 2. The van der Waals surface area contributed by atoms with E-state index in [-0.39, 0.29) is 6.54 Å². The van der Waals surface area contributed by atoms with Crippen molar-refractivity contribution in [3.8, 4) is 11.5 Å². The Bertz CT molecular complexity index is 921. The summed E-state index contributed by atoms with van der Waals surface area (Å²) in [5.41, 5.74) is 2.80. The van der Waals surface area contributed by atoms with Gasteiger partial charge in [0.2, 0.25) is 15.9 Å².